The van der Waals surface area contributed by atoms with Crippen molar-refractivity contribution < 1.29 is 19.1 Å². The number of aromatic nitrogens is 2. The quantitative estimate of drug-likeness (QED) is 0.340. The van der Waals surface area contributed by atoms with Gasteiger partial charge in [-0.1, -0.05) is 35.8 Å². The molecule has 4 rings (SSSR count). The molecule has 0 bridgehead atoms. The third-order valence-corrected chi connectivity index (χ3v) is 7.68. The fourth-order valence-corrected chi connectivity index (χ4v) is 5.72. The number of nitrogens with zero attached hydrogens (tertiary/aromatic N) is 3. The molecule has 8 nitrogen and oxygen atoms in total. The first-order valence-electron chi connectivity index (χ1n) is 12.2. The Labute approximate surface area is 231 Å². The average Bonchev–Trinajstić information content (AvgIpc) is 3.29. The smallest absolute Gasteiger partial charge is 0.225 e. The van der Waals surface area contributed by atoms with Crippen molar-refractivity contribution in [2.45, 2.75) is 25.3 Å². The van der Waals surface area contributed by atoms with Crippen LogP contribution in [-0.2, 0) is 9.59 Å². The van der Waals surface area contributed by atoms with E-state index in [4.69, 9.17) is 32.7 Å². The van der Waals surface area contributed by atoms with E-state index in [1.165, 1.54) is 20.3 Å². The van der Waals surface area contributed by atoms with Crippen LogP contribution < -0.4 is 14.8 Å². The standard InChI is InChI=1S/C28H30Cl2N4O4/c1-6-19(35)11-16-10-17(27(36)34(2)3)12-21(16)33-28-31-14-18-9-15(7-8-20(18)32-28)24-25(29)22(37-4)13-23(38-5)26(24)30/h6-9,13-14,16-17,21H,1,10-12H2,2-5H3,(H,31,32,33)/t16?,17-,21?/m0/s1. The number of carbonyl (C=O) groups excluding carboxylic acids is 2. The molecule has 1 aromatic heterocycles. The highest BCUT2D eigenvalue weighted by Gasteiger charge is 2.39. The first-order valence-corrected chi connectivity index (χ1v) is 12.9. The van der Waals surface area contributed by atoms with Crippen LogP contribution in [0, 0.1) is 11.8 Å². The Kier molecular flexibility index (Phi) is 8.43. The van der Waals surface area contributed by atoms with Gasteiger partial charge < -0.3 is 19.7 Å². The molecule has 1 fully saturated rings. The minimum atomic E-state index is -0.164. The van der Waals surface area contributed by atoms with Crippen LogP contribution in [0.2, 0.25) is 10.0 Å². The van der Waals surface area contributed by atoms with Crippen molar-refractivity contribution in [1.82, 2.24) is 14.9 Å². The summed E-state index contributed by atoms with van der Waals surface area (Å²) in [6, 6.07) is 7.16. The summed E-state index contributed by atoms with van der Waals surface area (Å²) in [6.45, 7) is 3.59. The van der Waals surface area contributed by atoms with Gasteiger partial charge in [-0.2, -0.15) is 0 Å². The molecule has 3 aromatic rings. The molecule has 3 atom stereocenters. The van der Waals surface area contributed by atoms with Crippen LogP contribution in [0.25, 0.3) is 22.0 Å². The van der Waals surface area contributed by atoms with Gasteiger partial charge in [0.2, 0.25) is 11.9 Å². The Bertz CT molecular complexity index is 1370. The highest BCUT2D eigenvalue weighted by atomic mass is 35.5. The van der Waals surface area contributed by atoms with Gasteiger partial charge in [-0.25, -0.2) is 9.97 Å². The largest absolute Gasteiger partial charge is 0.495 e. The molecule has 2 aromatic carbocycles. The highest BCUT2D eigenvalue weighted by molar-refractivity contribution is 6.41. The number of anilines is 1. The molecule has 1 aliphatic carbocycles. The Hall–Kier alpha value is -3.36. The first-order chi connectivity index (χ1) is 18.2. The summed E-state index contributed by atoms with van der Waals surface area (Å²) in [6.07, 6.45) is 4.59. The summed E-state index contributed by atoms with van der Waals surface area (Å²) >= 11 is 13.2. The Balaban J connectivity index is 1.63. The Morgan fingerprint density at radius 1 is 1.13 bits per heavy atom. The molecule has 1 N–H and O–H groups in total. The van der Waals surface area contributed by atoms with Gasteiger partial charge in [-0.3, -0.25) is 9.59 Å². The number of ether oxygens (including phenoxy) is 2. The molecule has 1 amide bonds. The minimum Gasteiger partial charge on any atom is -0.495 e. The number of benzene rings is 2. The molecular formula is C28H30Cl2N4O4. The molecule has 1 heterocycles. The second-order valence-corrected chi connectivity index (χ2v) is 10.3. The van der Waals surface area contributed by atoms with Crippen molar-refractivity contribution in [2.24, 2.45) is 11.8 Å². The molecule has 200 valence electrons. The summed E-state index contributed by atoms with van der Waals surface area (Å²) in [4.78, 5) is 35.5. The summed E-state index contributed by atoms with van der Waals surface area (Å²) in [5, 5.41) is 4.91. The fraction of sp³-hybridized carbons (Fsp3) is 0.357. The van der Waals surface area contributed by atoms with E-state index in [0.29, 0.717) is 57.8 Å². The van der Waals surface area contributed by atoms with Gasteiger partial charge in [-0.15, -0.1) is 0 Å². The summed E-state index contributed by atoms with van der Waals surface area (Å²) in [5.74, 6) is 1.16. The van der Waals surface area contributed by atoms with E-state index < -0.39 is 0 Å². The van der Waals surface area contributed by atoms with Crippen LogP contribution in [0.1, 0.15) is 19.3 Å². The third-order valence-electron chi connectivity index (χ3n) is 6.93. The van der Waals surface area contributed by atoms with Crippen LogP contribution in [-0.4, -0.2) is 60.9 Å². The predicted molar refractivity (Wildman–Crippen MR) is 150 cm³/mol. The number of methoxy groups -OCH3 is 2. The number of ketones is 1. The van der Waals surface area contributed by atoms with Crippen LogP contribution >= 0.6 is 23.2 Å². The van der Waals surface area contributed by atoms with Gasteiger partial charge in [0.1, 0.15) is 11.5 Å². The number of allylic oxidation sites excluding steroid dienone is 1. The molecule has 0 saturated heterocycles. The summed E-state index contributed by atoms with van der Waals surface area (Å²) in [7, 11) is 6.55. The second kappa shape index (κ2) is 11.6. The van der Waals surface area contributed by atoms with Crippen molar-refractivity contribution in [3.05, 3.63) is 53.2 Å². The summed E-state index contributed by atoms with van der Waals surface area (Å²) in [5.41, 5.74) is 2.06. The number of carbonyl (C=O) groups is 2. The normalized spacial score (nSPS) is 18.7. The maximum atomic E-state index is 12.6. The number of nitrogens with one attached hydrogen (secondary N) is 1. The topological polar surface area (TPSA) is 93.7 Å². The molecule has 0 radical (unpaired) electrons. The number of hydrogen-bond donors (Lipinski definition) is 1. The molecule has 38 heavy (non-hydrogen) atoms. The lowest BCUT2D eigenvalue weighted by atomic mass is 9.96. The zero-order chi connectivity index (χ0) is 27.6. The van der Waals surface area contributed by atoms with E-state index >= 15 is 0 Å². The highest BCUT2D eigenvalue weighted by Crippen LogP contribution is 2.46. The predicted octanol–water partition coefficient (Wildman–Crippen LogP) is 5.66. The molecule has 2 unspecified atom stereocenters. The van der Waals surface area contributed by atoms with Crippen LogP contribution in [0.4, 0.5) is 5.95 Å². The Morgan fingerprint density at radius 3 is 2.42 bits per heavy atom. The van der Waals surface area contributed by atoms with Crippen LogP contribution in [0.3, 0.4) is 0 Å². The maximum absolute atomic E-state index is 12.6. The van der Waals surface area contributed by atoms with Crippen molar-refractivity contribution in [2.75, 3.05) is 33.6 Å². The van der Waals surface area contributed by atoms with Crippen LogP contribution in [0.5, 0.6) is 11.5 Å². The van der Waals surface area contributed by atoms with E-state index in [0.717, 1.165) is 10.9 Å². The zero-order valence-electron chi connectivity index (χ0n) is 21.8. The van der Waals surface area contributed by atoms with Crippen molar-refractivity contribution in [3.63, 3.8) is 0 Å². The number of amides is 1. The van der Waals surface area contributed by atoms with Crippen LogP contribution in [0.15, 0.2) is 43.1 Å². The lowest BCUT2D eigenvalue weighted by molar-refractivity contribution is -0.133. The van der Waals surface area contributed by atoms with E-state index in [-0.39, 0.29) is 29.6 Å². The van der Waals surface area contributed by atoms with Gasteiger partial charge in [0.05, 0.1) is 29.8 Å². The molecule has 1 aliphatic rings. The van der Waals surface area contributed by atoms with Gasteiger partial charge in [0.15, 0.2) is 5.78 Å². The second-order valence-electron chi connectivity index (χ2n) is 9.54. The SMILES string of the molecule is C=CC(=O)CC1C[C@H](C(=O)N(C)C)CC1Nc1ncc2cc(-c3c(Cl)c(OC)cc(OC)c3Cl)ccc2n1. The van der Waals surface area contributed by atoms with E-state index in [1.807, 2.05) is 18.2 Å². The monoisotopic (exact) mass is 556 g/mol. The van der Waals surface area contributed by atoms with E-state index in [2.05, 4.69) is 21.9 Å². The Morgan fingerprint density at radius 2 is 1.82 bits per heavy atom. The van der Waals surface area contributed by atoms with Gasteiger partial charge in [0.25, 0.3) is 0 Å². The van der Waals surface area contributed by atoms with Crippen molar-refractivity contribution in [3.8, 4) is 22.6 Å². The lowest BCUT2D eigenvalue weighted by Crippen LogP contribution is -2.29. The van der Waals surface area contributed by atoms with Gasteiger partial charge in [0, 0.05) is 55.7 Å². The minimum absolute atomic E-state index is 0.0246. The average molecular weight is 557 g/mol. The molecular weight excluding hydrogens is 527 g/mol. The summed E-state index contributed by atoms with van der Waals surface area (Å²) < 4.78 is 10.8. The van der Waals surface area contributed by atoms with E-state index in [1.54, 1.807) is 31.3 Å². The van der Waals surface area contributed by atoms with Crippen molar-refractivity contribution >= 4 is 51.7 Å². The first kappa shape index (κ1) is 27.7. The zero-order valence-corrected chi connectivity index (χ0v) is 23.3. The third kappa shape index (κ3) is 5.56. The van der Waals surface area contributed by atoms with Gasteiger partial charge >= 0.3 is 0 Å². The number of hydrogen-bond acceptors (Lipinski definition) is 7. The van der Waals surface area contributed by atoms with Gasteiger partial charge in [-0.05, 0) is 42.5 Å². The molecule has 1 saturated carbocycles. The van der Waals surface area contributed by atoms with E-state index in [9.17, 15) is 9.59 Å². The molecule has 10 heteroatoms. The molecule has 0 aliphatic heterocycles. The number of halogens is 2. The maximum Gasteiger partial charge on any atom is 0.225 e. The number of fused-ring (bicyclic) bond motifs is 1. The molecule has 0 spiro atoms. The fourth-order valence-electron chi connectivity index (χ4n) is 5.00. The number of rotatable bonds is 9. The van der Waals surface area contributed by atoms with Crippen molar-refractivity contribution in [1.29, 1.82) is 0 Å². The lowest BCUT2D eigenvalue weighted by Gasteiger charge is -2.20.